The van der Waals surface area contributed by atoms with E-state index in [1.165, 1.54) is 7.05 Å². The largest absolute Gasteiger partial charge is 0.569 e. The lowest BCUT2D eigenvalue weighted by molar-refractivity contribution is -0.711. The Bertz CT molecular complexity index is 127. The number of rotatable bonds is 3. The van der Waals surface area contributed by atoms with E-state index in [-0.39, 0.29) is 17.6 Å². The number of hydrogen-bond donors (Lipinski definition) is 2. The molecule has 2 N–H and O–H groups in total. The van der Waals surface area contributed by atoms with Crippen LogP contribution in [-0.2, 0) is 0 Å². The third kappa shape index (κ3) is 2.06. The first-order valence-corrected chi connectivity index (χ1v) is 2.79. The van der Waals surface area contributed by atoms with Crippen LogP contribution < -0.4 is 0 Å². The van der Waals surface area contributed by atoms with Crippen molar-refractivity contribution in [2.45, 2.75) is 13.0 Å². The molecule has 0 fully saturated rings. The fourth-order valence-electron chi connectivity index (χ4n) is 0.350. The SMILES string of the molecule is C[C@@H](CO)N(C)/[N+]([O-])=N\O. The van der Waals surface area contributed by atoms with Crippen LogP contribution in [0.1, 0.15) is 6.92 Å². The molecule has 0 aromatic rings. The minimum Gasteiger partial charge on any atom is -0.569 e. The lowest BCUT2D eigenvalue weighted by Gasteiger charge is -2.16. The second kappa shape index (κ2) is 3.89. The first-order chi connectivity index (χ1) is 4.63. The van der Waals surface area contributed by atoms with Gasteiger partial charge < -0.3 is 15.5 Å². The van der Waals surface area contributed by atoms with Crippen LogP contribution in [0.2, 0.25) is 0 Å². The van der Waals surface area contributed by atoms with Gasteiger partial charge in [-0.15, -0.1) is 5.01 Å². The third-order valence-corrected chi connectivity index (χ3v) is 1.25. The van der Waals surface area contributed by atoms with Gasteiger partial charge in [-0.2, -0.15) is 0 Å². The normalized spacial score (nSPS) is 14.9. The Kier molecular flexibility index (Phi) is 3.48. The molecule has 0 spiro atoms. The number of nitrogens with zero attached hydrogens (tertiary/aromatic N) is 3. The molecule has 0 aliphatic carbocycles. The predicted octanol–water partition coefficient (Wildman–Crippen LogP) is -0.434. The summed E-state index contributed by atoms with van der Waals surface area (Å²) in [4.78, 5) is 0.000880. The van der Waals surface area contributed by atoms with Gasteiger partial charge in [-0.05, 0) is 6.92 Å². The molecule has 0 heterocycles. The fourth-order valence-corrected chi connectivity index (χ4v) is 0.350. The summed E-state index contributed by atoms with van der Waals surface area (Å²) in [7, 11) is 1.41. The van der Waals surface area contributed by atoms with Gasteiger partial charge in [0.2, 0.25) is 5.28 Å². The summed E-state index contributed by atoms with van der Waals surface area (Å²) in [5.74, 6) is 0. The topological polar surface area (TPSA) is 82.1 Å². The molecule has 6 nitrogen and oxygen atoms in total. The van der Waals surface area contributed by atoms with Crippen LogP contribution in [0, 0.1) is 5.21 Å². The van der Waals surface area contributed by atoms with Gasteiger partial charge in [-0.25, -0.2) is 0 Å². The van der Waals surface area contributed by atoms with Gasteiger partial charge in [0.25, 0.3) is 0 Å². The molecule has 10 heavy (non-hydrogen) atoms. The van der Waals surface area contributed by atoms with Crippen molar-refractivity contribution in [3.63, 3.8) is 0 Å². The summed E-state index contributed by atoms with van der Waals surface area (Å²) in [6.07, 6.45) is 0. The first kappa shape index (κ1) is 8.96. The van der Waals surface area contributed by atoms with Crippen LogP contribution >= 0.6 is 0 Å². The van der Waals surface area contributed by atoms with Crippen molar-refractivity contribution < 1.29 is 15.3 Å². The molecule has 0 aromatic carbocycles. The average Bonchev–Trinajstić information content (AvgIpc) is 2.00. The van der Waals surface area contributed by atoms with E-state index in [1.807, 2.05) is 0 Å². The number of aliphatic hydroxyl groups is 1. The number of aliphatic hydroxyl groups excluding tert-OH is 1. The second-order valence-electron chi connectivity index (χ2n) is 1.95. The fraction of sp³-hybridized carbons (Fsp3) is 1.00. The highest BCUT2D eigenvalue weighted by molar-refractivity contribution is 4.49. The molecule has 0 aliphatic rings. The molecule has 1 atom stereocenters. The molecule has 0 aliphatic heterocycles. The summed E-state index contributed by atoms with van der Waals surface area (Å²) in [6.45, 7) is 1.46. The van der Waals surface area contributed by atoms with Gasteiger partial charge in [-0.3, -0.25) is 0 Å². The monoisotopic (exact) mass is 149 g/mol. The van der Waals surface area contributed by atoms with Crippen LogP contribution in [0.5, 0.6) is 0 Å². The van der Waals surface area contributed by atoms with E-state index in [4.69, 9.17) is 10.3 Å². The first-order valence-electron chi connectivity index (χ1n) is 2.79. The van der Waals surface area contributed by atoms with E-state index < -0.39 is 0 Å². The van der Waals surface area contributed by atoms with Crippen LogP contribution in [0.15, 0.2) is 5.28 Å². The van der Waals surface area contributed by atoms with E-state index in [2.05, 4.69) is 5.28 Å². The van der Waals surface area contributed by atoms with Crippen LogP contribution in [0.3, 0.4) is 0 Å². The highest BCUT2D eigenvalue weighted by atomic mass is 16.6. The van der Waals surface area contributed by atoms with Crippen molar-refractivity contribution in [3.05, 3.63) is 5.21 Å². The van der Waals surface area contributed by atoms with Crippen molar-refractivity contribution in [1.29, 1.82) is 0 Å². The molecule has 6 heteroatoms. The van der Waals surface area contributed by atoms with Crippen LogP contribution in [0.25, 0.3) is 0 Å². The van der Waals surface area contributed by atoms with Gasteiger partial charge in [-0.1, -0.05) is 0 Å². The highest BCUT2D eigenvalue weighted by Gasteiger charge is 2.13. The lowest BCUT2D eigenvalue weighted by Crippen LogP contribution is -2.37. The zero-order valence-electron chi connectivity index (χ0n) is 5.93. The molecule has 60 valence electrons. The van der Waals surface area contributed by atoms with Crippen LogP contribution in [0.4, 0.5) is 0 Å². The Balaban J connectivity index is 3.94. The molecule has 0 radical (unpaired) electrons. The molecular formula is C4H11N3O3. The lowest BCUT2D eigenvalue weighted by atomic mass is 10.4. The standard InChI is InChI=1S/C4H11N3O3/c1-4(3-8)6(2)7(10)5-9/h4,8-9H,3H2,1-2H3/b7-5+/t4-/m0/s1. The zero-order chi connectivity index (χ0) is 8.15. The number of hydrazine groups is 1. The summed E-state index contributed by atoms with van der Waals surface area (Å²) in [5, 5.41) is 30.3. The van der Waals surface area contributed by atoms with E-state index >= 15 is 0 Å². The second-order valence-corrected chi connectivity index (χ2v) is 1.95. The Morgan fingerprint density at radius 2 is 2.30 bits per heavy atom. The number of likely N-dealkylation sites (N-methyl/N-ethyl adjacent to an activating group) is 1. The summed E-state index contributed by atoms with van der Waals surface area (Å²) in [5.41, 5.74) is 0. The summed E-state index contributed by atoms with van der Waals surface area (Å²) in [6, 6.07) is -0.353. The Morgan fingerprint density at radius 3 is 2.60 bits per heavy atom. The Morgan fingerprint density at radius 1 is 1.80 bits per heavy atom. The van der Waals surface area contributed by atoms with Crippen molar-refractivity contribution in [2.75, 3.05) is 13.7 Å². The molecule has 0 saturated carbocycles. The van der Waals surface area contributed by atoms with Gasteiger partial charge >= 0.3 is 0 Å². The van der Waals surface area contributed by atoms with Gasteiger partial charge in [0.05, 0.1) is 18.6 Å². The molecule has 0 amide bonds. The smallest absolute Gasteiger partial charge is 0.230 e. The van der Waals surface area contributed by atoms with Gasteiger partial charge in [0.1, 0.15) is 6.04 Å². The maximum atomic E-state index is 10.4. The molecule has 0 bridgehead atoms. The molecule has 0 saturated heterocycles. The zero-order valence-corrected chi connectivity index (χ0v) is 5.93. The third-order valence-electron chi connectivity index (χ3n) is 1.25. The highest BCUT2D eigenvalue weighted by Crippen LogP contribution is 1.93. The van der Waals surface area contributed by atoms with Gasteiger partial charge in [0, 0.05) is 0 Å². The van der Waals surface area contributed by atoms with E-state index in [1.54, 1.807) is 6.92 Å². The molecule has 0 rings (SSSR count). The minimum atomic E-state index is -0.353. The maximum absolute atomic E-state index is 10.4. The van der Waals surface area contributed by atoms with Gasteiger partial charge in [0.15, 0.2) is 0 Å². The Hall–Kier alpha value is -1.04. The van der Waals surface area contributed by atoms with E-state index in [0.717, 1.165) is 5.01 Å². The predicted molar refractivity (Wildman–Crippen MR) is 32.2 cm³/mol. The quantitative estimate of drug-likeness (QED) is 0.324. The minimum absolute atomic E-state index is 0.000880. The number of hydrogen-bond acceptors (Lipinski definition) is 3. The molecular weight excluding hydrogens is 138 g/mol. The Labute approximate surface area is 58.5 Å². The van der Waals surface area contributed by atoms with Crippen molar-refractivity contribution >= 4 is 0 Å². The van der Waals surface area contributed by atoms with Crippen molar-refractivity contribution in [2.24, 2.45) is 5.28 Å². The average molecular weight is 149 g/mol. The van der Waals surface area contributed by atoms with E-state index in [9.17, 15) is 5.21 Å². The van der Waals surface area contributed by atoms with E-state index in [0.29, 0.717) is 0 Å². The van der Waals surface area contributed by atoms with Crippen LogP contribution in [-0.4, -0.2) is 40.0 Å². The maximum Gasteiger partial charge on any atom is 0.230 e. The van der Waals surface area contributed by atoms with Crippen molar-refractivity contribution in [3.8, 4) is 0 Å². The molecule has 0 aromatic heterocycles. The summed E-state index contributed by atoms with van der Waals surface area (Å²) < 4.78 is 0. The molecule has 0 unspecified atom stereocenters. The van der Waals surface area contributed by atoms with Crippen molar-refractivity contribution in [1.82, 2.24) is 5.01 Å². The summed E-state index contributed by atoms with van der Waals surface area (Å²) >= 11 is 0.